The highest BCUT2D eigenvalue weighted by Crippen LogP contribution is 2.59. The molecule has 4 aliphatic rings. The quantitative estimate of drug-likeness (QED) is 0.914. The molecule has 1 heterocycles. The third-order valence-corrected chi connectivity index (χ3v) is 6.71. The highest BCUT2D eigenvalue weighted by molar-refractivity contribution is 6.31. The number of hydrogen-bond donors (Lipinski definition) is 1. The molecule has 4 heteroatoms. The SMILES string of the molecule is CCn1ncc(Cl)c1C(NC)C1C2CC3CC(C2)CC1C3. The third-order valence-electron chi connectivity index (χ3n) is 6.42. The van der Waals surface area contributed by atoms with Crippen molar-refractivity contribution < 1.29 is 0 Å². The lowest BCUT2D eigenvalue weighted by atomic mass is 9.50. The molecule has 0 spiro atoms. The first kappa shape index (κ1) is 14.1. The maximum Gasteiger partial charge on any atom is 0.0834 e. The van der Waals surface area contributed by atoms with E-state index in [0.29, 0.717) is 6.04 Å². The van der Waals surface area contributed by atoms with Gasteiger partial charge in [-0.2, -0.15) is 5.10 Å². The smallest absolute Gasteiger partial charge is 0.0834 e. The van der Waals surface area contributed by atoms with E-state index in [0.717, 1.165) is 41.2 Å². The molecule has 1 N–H and O–H groups in total. The molecule has 5 rings (SSSR count). The highest BCUT2D eigenvalue weighted by atomic mass is 35.5. The molecule has 0 saturated heterocycles. The fourth-order valence-corrected chi connectivity index (χ4v) is 6.21. The van der Waals surface area contributed by atoms with Gasteiger partial charge in [0, 0.05) is 6.54 Å². The van der Waals surface area contributed by atoms with Crippen LogP contribution in [-0.2, 0) is 6.54 Å². The summed E-state index contributed by atoms with van der Waals surface area (Å²) < 4.78 is 2.09. The van der Waals surface area contributed by atoms with Crippen molar-refractivity contribution in [2.75, 3.05) is 7.05 Å². The van der Waals surface area contributed by atoms with Crippen molar-refractivity contribution in [3.8, 4) is 0 Å². The van der Waals surface area contributed by atoms with Crippen molar-refractivity contribution in [3.63, 3.8) is 0 Å². The molecule has 1 aromatic heterocycles. The fourth-order valence-electron chi connectivity index (χ4n) is 5.96. The summed E-state index contributed by atoms with van der Waals surface area (Å²) in [7, 11) is 2.10. The topological polar surface area (TPSA) is 29.9 Å². The van der Waals surface area contributed by atoms with Gasteiger partial charge in [-0.3, -0.25) is 4.68 Å². The van der Waals surface area contributed by atoms with Crippen molar-refractivity contribution >= 4 is 11.6 Å². The number of aromatic nitrogens is 2. The second-order valence-corrected chi connectivity index (χ2v) is 7.88. The van der Waals surface area contributed by atoms with E-state index >= 15 is 0 Å². The molecule has 4 bridgehead atoms. The molecule has 116 valence electrons. The van der Waals surface area contributed by atoms with Crippen LogP contribution in [0.25, 0.3) is 0 Å². The molecule has 0 amide bonds. The molecule has 1 aromatic rings. The maximum absolute atomic E-state index is 6.49. The second-order valence-electron chi connectivity index (χ2n) is 7.47. The van der Waals surface area contributed by atoms with Crippen LogP contribution in [0.15, 0.2) is 6.20 Å². The van der Waals surface area contributed by atoms with Crippen LogP contribution < -0.4 is 5.32 Å². The van der Waals surface area contributed by atoms with Gasteiger partial charge >= 0.3 is 0 Å². The van der Waals surface area contributed by atoms with E-state index in [1.807, 2.05) is 6.20 Å². The second kappa shape index (κ2) is 5.27. The van der Waals surface area contributed by atoms with Gasteiger partial charge in [0.05, 0.1) is 23.0 Å². The standard InChI is InChI=1S/C17H26ClN3/c1-3-21-17(14(18)9-20-21)16(19-2)15-12-5-10-4-11(7-12)8-13(15)6-10/h9-13,15-16,19H,3-8H2,1-2H3. The number of halogens is 1. The Morgan fingerprint density at radius 3 is 2.38 bits per heavy atom. The summed E-state index contributed by atoms with van der Waals surface area (Å²) >= 11 is 6.49. The van der Waals surface area contributed by atoms with E-state index in [1.165, 1.54) is 37.8 Å². The normalized spacial score (nSPS) is 38.9. The Kier molecular flexibility index (Phi) is 3.54. The monoisotopic (exact) mass is 307 g/mol. The van der Waals surface area contributed by atoms with Crippen LogP contribution in [0.4, 0.5) is 0 Å². The molecular formula is C17H26ClN3. The summed E-state index contributed by atoms with van der Waals surface area (Å²) in [6, 6.07) is 0.370. The highest BCUT2D eigenvalue weighted by Gasteiger charge is 2.51. The van der Waals surface area contributed by atoms with Crippen molar-refractivity contribution in [1.82, 2.24) is 15.1 Å². The van der Waals surface area contributed by atoms with Gasteiger partial charge in [-0.1, -0.05) is 11.6 Å². The van der Waals surface area contributed by atoms with Gasteiger partial charge < -0.3 is 5.32 Å². The average Bonchev–Trinajstić information content (AvgIpc) is 2.83. The summed E-state index contributed by atoms with van der Waals surface area (Å²) in [5, 5.41) is 8.90. The average molecular weight is 308 g/mol. The predicted molar refractivity (Wildman–Crippen MR) is 85.2 cm³/mol. The van der Waals surface area contributed by atoms with Gasteiger partial charge in [0.1, 0.15) is 0 Å². The largest absolute Gasteiger partial charge is 0.311 e. The lowest BCUT2D eigenvalue weighted by molar-refractivity contribution is -0.0526. The van der Waals surface area contributed by atoms with E-state index in [1.54, 1.807) is 0 Å². The van der Waals surface area contributed by atoms with Crippen LogP contribution in [0, 0.1) is 29.6 Å². The van der Waals surface area contributed by atoms with Gasteiger partial charge in [-0.15, -0.1) is 0 Å². The summed E-state index contributed by atoms with van der Waals surface area (Å²) in [4.78, 5) is 0. The number of nitrogens with one attached hydrogen (secondary N) is 1. The molecule has 0 radical (unpaired) electrons. The molecular weight excluding hydrogens is 282 g/mol. The van der Waals surface area contributed by atoms with E-state index < -0.39 is 0 Å². The van der Waals surface area contributed by atoms with E-state index in [9.17, 15) is 0 Å². The van der Waals surface area contributed by atoms with Crippen molar-refractivity contribution in [1.29, 1.82) is 0 Å². The molecule has 0 aromatic carbocycles. The maximum atomic E-state index is 6.49. The van der Waals surface area contributed by atoms with Crippen molar-refractivity contribution in [2.24, 2.45) is 29.6 Å². The molecule has 4 fully saturated rings. The number of rotatable bonds is 4. The van der Waals surface area contributed by atoms with Gasteiger partial charge in [0.2, 0.25) is 0 Å². The van der Waals surface area contributed by atoms with Crippen molar-refractivity contribution in [3.05, 3.63) is 16.9 Å². The molecule has 4 saturated carbocycles. The Morgan fingerprint density at radius 2 is 1.86 bits per heavy atom. The zero-order valence-corrected chi connectivity index (χ0v) is 13.8. The fraction of sp³-hybridized carbons (Fsp3) is 0.824. The Balaban J connectivity index is 1.68. The summed E-state index contributed by atoms with van der Waals surface area (Å²) in [5.41, 5.74) is 1.22. The minimum atomic E-state index is 0.370. The van der Waals surface area contributed by atoms with Gasteiger partial charge in [-0.25, -0.2) is 0 Å². The first-order chi connectivity index (χ1) is 10.2. The van der Waals surface area contributed by atoms with Crippen LogP contribution in [0.1, 0.15) is 50.8 Å². The number of nitrogens with zero attached hydrogens (tertiary/aromatic N) is 2. The first-order valence-corrected chi connectivity index (χ1v) is 8.97. The summed E-state index contributed by atoms with van der Waals surface area (Å²) in [5.74, 6) is 4.59. The summed E-state index contributed by atoms with van der Waals surface area (Å²) in [6.45, 7) is 3.05. The van der Waals surface area contributed by atoms with Crippen LogP contribution in [0.2, 0.25) is 5.02 Å². The molecule has 0 aliphatic heterocycles. The Morgan fingerprint density at radius 1 is 1.24 bits per heavy atom. The van der Waals surface area contributed by atoms with Gasteiger partial charge in [0.15, 0.2) is 0 Å². The van der Waals surface area contributed by atoms with Crippen LogP contribution in [-0.4, -0.2) is 16.8 Å². The summed E-state index contributed by atoms with van der Waals surface area (Å²) in [6.07, 6.45) is 9.14. The molecule has 4 aliphatic carbocycles. The van der Waals surface area contributed by atoms with E-state index in [4.69, 9.17) is 11.6 Å². The third kappa shape index (κ3) is 2.16. The molecule has 1 atom stereocenters. The molecule has 21 heavy (non-hydrogen) atoms. The van der Waals surface area contributed by atoms with Crippen LogP contribution >= 0.6 is 11.6 Å². The van der Waals surface area contributed by atoms with Crippen LogP contribution in [0.5, 0.6) is 0 Å². The zero-order chi connectivity index (χ0) is 14.6. The number of hydrogen-bond acceptors (Lipinski definition) is 2. The lowest BCUT2D eigenvalue weighted by Gasteiger charge is -2.56. The minimum Gasteiger partial charge on any atom is -0.311 e. The Hall–Kier alpha value is -0.540. The first-order valence-electron chi connectivity index (χ1n) is 8.59. The Bertz CT molecular complexity index is 496. The zero-order valence-electron chi connectivity index (χ0n) is 13.1. The molecule has 1 unspecified atom stereocenters. The molecule has 3 nitrogen and oxygen atoms in total. The van der Waals surface area contributed by atoms with E-state index in [-0.39, 0.29) is 0 Å². The van der Waals surface area contributed by atoms with Crippen molar-refractivity contribution in [2.45, 2.75) is 51.6 Å². The van der Waals surface area contributed by atoms with E-state index in [2.05, 4.69) is 29.1 Å². The lowest BCUT2D eigenvalue weighted by Crippen LogP contribution is -2.49. The van der Waals surface area contributed by atoms with Gasteiger partial charge in [-0.05, 0) is 75.7 Å². The van der Waals surface area contributed by atoms with Gasteiger partial charge in [0.25, 0.3) is 0 Å². The number of aryl methyl sites for hydroxylation is 1. The Labute approximate surface area is 132 Å². The predicted octanol–water partition coefficient (Wildman–Crippen LogP) is 3.89. The van der Waals surface area contributed by atoms with Crippen LogP contribution in [0.3, 0.4) is 0 Å². The minimum absolute atomic E-state index is 0.370.